The van der Waals surface area contributed by atoms with Crippen molar-refractivity contribution in [2.24, 2.45) is 14.1 Å². The van der Waals surface area contributed by atoms with E-state index in [1.165, 1.54) is 7.11 Å². The molecule has 2 heterocycles. The Hall–Kier alpha value is -3.74. The Morgan fingerprint density at radius 1 is 1.09 bits per heavy atom. The molecule has 0 fully saturated rings. The number of hydrogen-bond acceptors (Lipinski definition) is 4. The summed E-state index contributed by atoms with van der Waals surface area (Å²) in [6, 6.07) is 18.6. The molecule has 0 bridgehead atoms. The molecule has 4 aromatic rings. The smallest absolute Gasteiger partial charge is 0.269 e. The number of pyridine rings is 1. The average Bonchev–Trinajstić information content (AvgIpc) is 3.15. The van der Waals surface area contributed by atoms with Gasteiger partial charge in [0.15, 0.2) is 5.78 Å². The van der Waals surface area contributed by atoms with Crippen molar-refractivity contribution in [2.75, 3.05) is 7.11 Å². The van der Waals surface area contributed by atoms with Gasteiger partial charge in [0.1, 0.15) is 12.4 Å². The maximum absolute atomic E-state index is 13.9. The van der Waals surface area contributed by atoms with Crippen molar-refractivity contribution < 1.29 is 18.9 Å². The maximum atomic E-state index is 13.9. The fourth-order valence-electron chi connectivity index (χ4n) is 4.02. The highest BCUT2D eigenvalue weighted by Crippen LogP contribution is 2.34. The summed E-state index contributed by atoms with van der Waals surface area (Å²) >= 11 is 0. The van der Waals surface area contributed by atoms with E-state index >= 15 is 0 Å². The van der Waals surface area contributed by atoms with Crippen molar-refractivity contribution in [3.8, 4) is 0 Å². The zero-order valence-corrected chi connectivity index (χ0v) is 18.3. The Kier molecular flexibility index (Phi) is 6.17. The van der Waals surface area contributed by atoms with Gasteiger partial charge in [-0.1, -0.05) is 36.4 Å². The van der Waals surface area contributed by atoms with Crippen molar-refractivity contribution in [3.63, 3.8) is 0 Å². The second-order valence-corrected chi connectivity index (χ2v) is 7.76. The number of hydrogen-bond donors (Lipinski definition) is 0. The van der Waals surface area contributed by atoms with E-state index in [-0.39, 0.29) is 5.78 Å². The quantitative estimate of drug-likeness (QED) is 0.197. The molecule has 7 heteroatoms. The Labute approximate surface area is 187 Å². The van der Waals surface area contributed by atoms with Gasteiger partial charge in [-0.25, -0.2) is 0 Å². The minimum atomic E-state index is -0.806. The highest BCUT2D eigenvalue weighted by atomic mass is 16.5. The number of ketones is 1. The highest BCUT2D eigenvalue weighted by Gasteiger charge is 2.31. The van der Waals surface area contributed by atoms with Crippen LogP contribution in [0.25, 0.3) is 10.9 Å². The van der Waals surface area contributed by atoms with Gasteiger partial charge in [-0.15, -0.1) is 5.82 Å². The molecule has 0 aliphatic rings. The van der Waals surface area contributed by atoms with Gasteiger partial charge >= 0.3 is 0 Å². The van der Waals surface area contributed by atoms with Crippen molar-refractivity contribution in [2.45, 2.75) is 11.7 Å². The van der Waals surface area contributed by atoms with Gasteiger partial charge in [0.25, 0.3) is 5.97 Å². The SMILES string of the molecule is COC(=O)[C@@H]([B-]c1n(C)cc[n+]1C)[C@@H](C(=O)c1ccc2ncccc2c1)c1ccccc1. The van der Waals surface area contributed by atoms with Crippen LogP contribution >= 0.6 is 0 Å². The van der Waals surface area contributed by atoms with E-state index in [2.05, 4.69) is 4.98 Å². The predicted octanol–water partition coefficient (Wildman–Crippen LogP) is 2.36. The van der Waals surface area contributed by atoms with Crippen molar-refractivity contribution >= 4 is 35.7 Å². The lowest BCUT2D eigenvalue weighted by Gasteiger charge is -2.32. The third-order valence-electron chi connectivity index (χ3n) is 5.73. The second-order valence-electron chi connectivity index (χ2n) is 7.76. The molecule has 0 amide bonds. The number of ether oxygens (including phenoxy) is 1. The van der Waals surface area contributed by atoms with Gasteiger partial charge in [-0.3, -0.25) is 23.7 Å². The molecule has 0 N–H and O–H groups in total. The molecule has 0 saturated carbocycles. The molecule has 4 rings (SSSR count). The summed E-state index contributed by atoms with van der Waals surface area (Å²) in [5.41, 5.74) is 2.90. The van der Waals surface area contributed by atoms with Crippen LogP contribution in [0, 0.1) is 0 Å². The topological polar surface area (TPSA) is 65.1 Å². The molecular formula is C25H24BN3O3. The Bertz CT molecular complexity index is 1250. The van der Waals surface area contributed by atoms with Crippen LogP contribution in [0.4, 0.5) is 0 Å². The number of methoxy groups -OCH3 is 1. The summed E-state index contributed by atoms with van der Waals surface area (Å²) in [7, 11) is 6.96. The van der Waals surface area contributed by atoms with Crippen molar-refractivity contribution in [1.82, 2.24) is 9.55 Å². The molecule has 0 aliphatic carbocycles. The first kappa shape index (κ1) is 21.5. The molecular weight excluding hydrogens is 401 g/mol. The number of aryl methyl sites for hydroxylation is 2. The van der Waals surface area contributed by atoms with Crippen LogP contribution in [-0.2, 0) is 23.6 Å². The van der Waals surface area contributed by atoms with Gasteiger partial charge in [-0.05, 0) is 29.8 Å². The number of aromatic nitrogens is 3. The predicted molar refractivity (Wildman–Crippen MR) is 123 cm³/mol. The summed E-state index contributed by atoms with van der Waals surface area (Å²) in [5, 5.41) is 0.873. The van der Waals surface area contributed by atoms with Gasteiger partial charge in [-0.2, -0.15) is 7.28 Å². The van der Waals surface area contributed by atoms with Crippen LogP contribution < -0.4 is 10.3 Å². The van der Waals surface area contributed by atoms with Crippen LogP contribution in [0.2, 0.25) is 5.82 Å². The van der Waals surface area contributed by atoms with E-state index in [1.807, 2.05) is 97.5 Å². The fraction of sp³-hybridized carbons (Fsp3) is 0.200. The Morgan fingerprint density at radius 2 is 1.88 bits per heavy atom. The summed E-state index contributed by atoms with van der Waals surface area (Å²) in [4.78, 5) is 31.2. The average molecular weight is 425 g/mol. The Morgan fingerprint density at radius 3 is 2.56 bits per heavy atom. The summed E-state index contributed by atoms with van der Waals surface area (Å²) in [6.07, 6.45) is 5.52. The third kappa shape index (κ3) is 4.19. The third-order valence-corrected chi connectivity index (χ3v) is 5.73. The zero-order chi connectivity index (χ0) is 22.7. The van der Waals surface area contributed by atoms with Crippen LogP contribution in [0.5, 0.6) is 0 Å². The van der Waals surface area contributed by atoms with E-state index in [4.69, 9.17) is 4.74 Å². The second kappa shape index (κ2) is 9.18. The number of nitrogens with zero attached hydrogens (tertiary/aromatic N) is 3. The molecule has 0 aliphatic heterocycles. The van der Waals surface area contributed by atoms with E-state index in [0.29, 0.717) is 5.56 Å². The number of imidazole rings is 1. The molecule has 2 aromatic carbocycles. The first-order chi connectivity index (χ1) is 15.5. The monoisotopic (exact) mass is 425 g/mol. The molecule has 6 nitrogen and oxygen atoms in total. The van der Waals surface area contributed by atoms with E-state index < -0.39 is 17.7 Å². The van der Waals surface area contributed by atoms with Gasteiger partial charge in [0.2, 0.25) is 0 Å². The first-order valence-electron chi connectivity index (χ1n) is 10.4. The van der Waals surface area contributed by atoms with Gasteiger partial charge < -0.3 is 4.74 Å². The Balaban J connectivity index is 1.82. The van der Waals surface area contributed by atoms with Crippen LogP contribution in [0.3, 0.4) is 0 Å². The lowest BCUT2D eigenvalue weighted by Crippen LogP contribution is -2.52. The minimum Gasteiger partial charge on any atom is -0.471 e. The number of carbonyl (C=O) groups excluding carboxylic acids is 2. The fourth-order valence-corrected chi connectivity index (χ4v) is 4.02. The summed E-state index contributed by atoms with van der Waals surface area (Å²) in [6.45, 7) is 0. The lowest BCUT2D eigenvalue weighted by atomic mass is 9.55. The number of benzene rings is 2. The summed E-state index contributed by atoms with van der Waals surface area (Å²) < 4.78 is 8.96. The minimum absolute atomic E-state index is 0.148. The number of esters is 1. The van der Waals surface area contributed by atoms with E-state index in [1.54, 1.807) is 12.3 Å². The zero-order valence-electron chi connectivity index (χ0n) is 18.3. The van der Waals surface area contributed by atoms with Gasteiger partial charge in [0.05, 0.1) is 26.7 Å². The molecule has 2 aromatic heterocycles. The lowest BCUT2D eigenvalue weighted by molar-refractivity contribution is -0.653. The van der Waals surface area contributed by atoms with E-state index in [9.17, 15) is 9.59 Å². The molecule has 160 valence electrons. The van der Waals surface area contributed by atoms with Crippen LogP contribution in [0.15, 0.2) is 79.3 Å². The molecule has 0 unspecified atom stereocenters. The molecule has 0 saturated heterocycles. The number of fused-ring (bicyclic) bond motifs is 1. The van der Waals surface area contributed by atoms with Crippen LogP contribution in [0.1, 0.15) is 21.8 Å². The van der Waals surface area contributed by atoms with Crippen LogP contribution in [-0.4, -0.2) is 35.7 Å². The normalized spacial score (nSPS) is 13.0. The summed E-state index contributed by atoms with van der Waals surface area (Å²) in [5.74, 6) is -2.16. The van der Waals surface area contributed by atoms with E-state index in [0.717, 1.165) is 22.2 Å². The van der Waals surface area contributed by atoms with Crippen molar-refractivity contribution in [1.29, 1.82) is 0 Å². The molecule has 0 spiro atoms. The van der Waals surface area contributed by atoms with Crippen molar-refractivity contribution in [3.05, 3.63) is 90.4 Å². The molecule has 32 heavy (non-hydrogen) atoms. The molecule has 2 radical (unpaired) electrons. The highest BCUT2D eigenvalue weighted by molar-refractivity contribution is 6.57. The largest absolute Gasteiger partial charge is 0.471 e. The molecule has 2 atom stereocenters. The number of rotatable bonds is 7. The number of carbonyl (C=O) groups is 2. The van der Waals surface area contributed by atoms with Gasteiger partial charge in [0, 0.05) is 28.8 Å². The first-order valence-corrected chi connectivity index (χ1v) is 10.4. The maximum Gasteiger partial charge on any atom is 0.269 e. The standard InChI is InChI=1S/C25H24BN3O3/c1-28-14-15-29(2)25(28)26-22(24(31)32-3)21(17-8-5-4-6-9-17)23(30)19-11-12-20-18(16-19)10-7-13-27-20/h4-16,21-22H,1-3H3/t21-,22-/m0/s1. The number of Topliss-reactive ketones (excluding diaryl/α,β-unsaturated/α-hetero) is 1.